The van der Waals surface area contributed by atoms with Crippen LogP contribution in [0.2, 0.25) is 0 Å². The summed E-state index contributed by atoms with van der Waals surface area (Å²) in [4.78, 5) is 19.1. The summed E-state index contributed by atoms with van der Waals surface area (Å²) in [6, 6.07) is 7.85. The van der Waals surface area contributed by atoms with Gasteiger partial charge in [0.15, 0.2) is 10.3 Å². The van der Waals surface area contributed by atoms with Crippen molar-refractivity contribution in [3.63, 3.8) is 0 Å². The van der Waals surface area contributed by atoms with Gasteiger partial charge < -0.3 is 13.8 Å². The first kappa shape index (κ1) is 21.7. The Bertz CT molecular complexity index is 1120. The van der Waals surface area contributed by atoms with Gasteiger partial charge >= 0.3 is 13.6 Å². The molecule has 0 bridgehead atoms. The number of aryl methyl sites for hydroxylation is 1. The topological polar surface area (TPSA) is 79.1 Å². The van der Waals surface area contributed by atoms with E-state index in [1.807, 2.05) is 35.6 Å². The van der Waals surface area contributed by atoms with Crippen molar-refractivity contribution in [1.82, 2.24) is 9.38 Å². The average Bonchev–Trinajstić information content (AvgIpc) is 3.19. The second kappa shape index (κ2) is 8.79. The third-order valence-electron chi connectivity index (χ3n) is 4.42. The van der Waals surface area contributed by atoms with Crippen LogP contribution in [0.4, 0.5) is 0 Å². The van der Waals surface area contributed by atoms with E-state index in [0.717, 1.165) is 26.6 Å². The number of esters is 1. The zero-order valence-corrected chi connectivity index (χ0v) is 18.9. The number of benzene rings is 1. The quantitative estimate of drug-likeness (QED) is 0.267. The van der Waals surface area contributed by atoms with Crippen molar-refractivity contribution in [3.8, 4) is 0 Å². The van der Waals surface area contributed by atoms with Gasteiger partial charge in [-0.15, -0.1) is 0 Å². The molecule has 3 aromatic rings. The Balaban J connectivity index is 2.26. The smallest absolute Gasteiger partial charge is 0.368 e. The number of allylic oxidation sites excluding steroid dienone is 1. The Hall–Kier alpha value is -1.99. The molecule has 9 heteroatoms. The molecule has 0 unspecified atom stereocenters. The normalized spacial score (nSPS) is 13.1. The van der Waals surface area contributed by atoms with Gasteiger partial charge in [-0.25, -0.2) is 9.78 Å². The lowest BCUT2D eigenvalue weighted by atomic mass is 10.2. The SMILES string of the molecule is CCOC(=O)/C(=C(/C)c1sc2nc3ccccc3n2c1C)P(=O)(OCC)OCC. The molecule has 0 aliphatic carbocycles. The fourth-order valence-electron chi connectivity index (χ4n) is 3.29. The maximum absolute atomic E-state index is 13.5. The fourth-order valence-corrected chi connectivity index (χ4v) is 6.34. The van der Waals surface area contributed by atoms with Gasteiger partial charge in [0.25, 0.3) is 0 Å². The lowest BCUT2D eigenvalue weighted by Gasteiger charge is -2.21. The summed E-state index contributed by atoms with van der Waals surface area (Å²) in [5.74, 6) is -0.689. The van der Waals surface area contributed by atoms with Crippen LogP contribution in [0.3, 0.4) is 0 Å². The largest absolute Gasteiger partial charge is 0.462 e. The van der Waals surface area contributed by atoms with E-state index >= 15 is 0 Å². The van der Waals surface area contributed by atoms with E-state index in [1.54, 1.807) is 27.7 Å². The van der Waals surface area contributed by atoms with Gasteiger partial charge in [-0.05, 0) is 52.3 Å². The van der Waals surface area contributed by atoms with Crippen molar-refractivity contribution in [2.45, 2.75) is 34.6 Å². The molecular formula is C20H25N2O5PS. The highest BCUT2D eigenvalue weighted by atomic mass is 32.1. The highest BCUT2D eigenvalue weighted by molar-refractivity contribution is 7.60. The minimum absolute atomic E-state index is 0.0556. The van der Waals surface area contributed by atoms with Crippen molar-refractivity contribution in [1.29, 1.82) is 0 Å². The molecule has 1 aromatic carbocycles. The number of hydrogen-bond acceptors (Lipinski definition) is 7. The molecule has 7 nitrogen and oxygen atoms in total. The molecule has 2 heterocycles. The number of thiazole rings is 1. The monoisotopic (exact) mass is 436 g/mol. The molecule has 0 saturated carbocycles. The predicted octanol–water partition coefficient (Wildman–Crippen LogP) is 5.42. The van der Waals surface area contributed by atoms with Crippen LogP contribution in [0, 0.1) is 6.92 Å². The maximum Gasteiger partial charge on any atom is 0.368 e. The van der Waals surface area contributed by atoms with Crippen molar-refractivity contribution in [3.05, 3.63) is 40.2 Å². The Kier molecular flexibility index (Phi) is 6.58. The zero-order chi connectivity index (χ0) is 21.2. The Morgan fingerprint density at radius 2 is 1.79 bits per heavy atom. The second-order valence-corrected chi connectivity index (χ2v) is 9.20. The van der Waals surface area contributed by atoms with Gasteiger partial charge in [-0.2, -0.15) is 0 Å². The summed E-state index contributed by atoms with van der Waals surface area (Å²) >= 11 is 1.43. The predicted molar refractivity (Wildman–Crippen MR) is 115 cm³/mol. The third kappa shape index (κ3) is 3.90. The molecule has 156 valence electrons. The van der Waals surface area contributed by atoms with E-state index in [1.165, 1.54) is 11.3 Å². The summed E-state index contributed by atoms with van der Waals surface area (Å²) in [6.45, 7) is 9.26. The van der Waals surface area contributed by atoms with Crippen LogP contribution in [-0.4, -0.2) is 35.2 Å². The van der Waals surface area contributed by atoms with E-state index in [9.17, 15) is 9.36 Å². The summed E-state index contributed by atoms with van der Waals surface area (Å²) in [5, 5.41) is -0.0556. The van der Waals surface area contributed by atoms with Crippen LogP contribution in [-0.2, 0) is 23.1 Å². The van der Waals surface area contributed by atoms with Gasteiger partial charge in [0.1, 0.15) is 0 Å². The first-order valence-electron chi connectivity index (χ1n) is 9.52. The van der Waals surface area contributed by atoms with Gasteiger partial charge in [0, 0.05) is 5.69 Å². The van der Waals surface area contributed by atoms with Gasteiger partial charge in [0.05, 0.1) is 35.7 Å². The van der Waals surface area contributed by atoms with Crippen molar-refractivity contribution >= 4 is 46.5 Å². The first-order chi connectivity index (χ1) is 13.9. The Morgan fingerprint density at radius 3 is 2.41 bits per heavy atom. The fraction of sp³-hybridized carbons (Fsp3) is 0.400. The summed E-state index contributed by atoms with van der Waals surface area (Å²) in [5.41, 5.74) is 3.30. The number of hydrogen-bond donors (Lipinski definition) is 0. The molecule has 29 heavy (non-hydrogen) atoms. The maximum atomic E-state index is 13.5. The number of aromatic nitrogens is 2. The highest BCUT2D eigenvalue weighted by Gasteiger charge is 2.39. The van der Waals surface area contributed by atoms with Crippen molar-refractivity contribution in [2.24, 2.45) is 0 Å². The summed E-state index contributed by atoms with van der Waals surface area (Å²) in [7, 11) is -3.85. The lowest BCUT2D eigenvalue weighted by Crippen LogP contribution is -2.13. The highest BCUT2D eigenvalue weighted by Crippen LogP contribution is 2.59. The molecular weight excluding hydrogens is 411 g/mol. The van der Waals surface area contributed by atoms with E-state index in [4.69, 9.17) is 13.8 Å². The minimum atomic E-state index is -3.85. The molecule has 0 aliphatic heterocycles. The van der Waals surface area contributed by atoms with E-state index in [2.05, 4.69) is 4.98 Å². The molecule has 0 amide bonds. The Morgan fingerprint density at radius 1 is 1.14 bits per heavy atom. The molecule has 0 saturated heterocycles. The standard InChI is InChI=1S/C20H25N2O5PS/c1-6-25-19(23)17(28(24,26-7-2)27-8-3)13(4)18-14(5)22-16-12-10-9-11-15(16)21-20(22)29-18/h9-12H,6-8H2,1-5H3/b17-13+. The molecule has 0 spiro atoms. The molecule has 0 fully saturated rings. The van der Waals surface area contributed by atoms with E-state index in [-0.39, 0.29) is 25.1 Å². The molecule has 0 aliphatic rings. The van der Waals surface area contributed by atoms with Crippen LogP contribution in [0.15, 0.2) is 29.6 Å². The molecule has 0 N–H and O–H groups in total. The number of carbonyl (C=O) groups is 1. The van der Waals surface area contributed by atoms with Crippen LogP contribution in [0.25, 0.3) is 21.6 Å². The number of imidazole rings is 1. The van der Waals surface area contributed by atoms with Crippen molar-refractivity contribution in [2.75, 3.05) is 19.8 Å². The van der Waals surface area contributed by atoms with Crippen LogP contribution >= 0.6 is 18.9 Å². The minimum Gasteiger partial charge on any atom is -0.462 e. The molecule has 0 atom stereocenters. The van der Waals surface area contributed by atoms with E-state index < -0.39 is 13.6 Å². The zero-order valence-electron chi connectivity index (χ0n) is 17.2. The van der Waals surface area contributed by atoms with Crippen LogP contribution in [0.5, 0.6) is 0 Å². The number of carbonyl (C=O) groups excluding carboxylic acids is 1. The summed E-state index contributed by atoms with van der Waals surface area (Å²) < 4.78 is 31.7. The lowest BCUT2D eigenvalue weighted by molar-refractivity contribution is -0.137. The van der Waals surface area contributed by atoms with Gasteiger partial charge in [0.2, 0.25) is 0 Å². The van der Waals surface area contributed by atoms with Crippen LogP contribution in [0.1, 0.15) is 38.3 Å². The number of para-hydroxylation sites is 2. The second-order valence-electron chi connectivity index (χ2n) is 6.26. The first-order valence-corrected chi connectivity index (χ1v) is 11.9. The molecule has 2 aromatic heterocycles. The van der Waals surface area contributed by atoms with Gasteiger partial charge in [-0.1, -0.05) is 23.5 Å². The summed E-state index contributed by atoms with van der Waals surface area (Å²) in [6.07, 6.45) is 0. The number of ether oxygens (including phenoxy) is 1. The number of rotatable bonds is 8. The molecule has 3 rings (SSSR count). The average molecular weight is 436 g/mol. The third-order valence-corrected chi connectivity index (χ3v) is 7.95. The van der Waals surface area contributed by atoms with Crippen LogP contribution < -0.4 is 0 Å². The number of nitrogens with zero attached hydrogens (tertiary/aromatic N) is 2. The van der Waals surface area contributed by atoms with Crippen molar-refractivity contribution < 1.29 is 23.1 Å². The molecule has 0 radical (unpaired) electrons. The van der Waals surface area contributed by atoms with Gasteiger partial charge in [-0.3, -0.25) is 8.97 Å². The Labute approximate surface area is 173 Å². The number of fused-ring (bicyclic) bond motifs is 3. The van der Waals surface area contributed by atoms with E-state index in [0.29, 0.717) is 5.57 Å².